The second-order valence-corrected chi connectivity index (χ2v) is 11.1. The number of nitrogens with zero attached hydrogens (tertiary/aromatic N) is 5. The molecule has 6 aromatic rings. The quantitative estimate of drug-likeness (QED) is 0.155. The summed E-state index contributed by atoms with van der Waals surface area (Å²) in [7, 11) is 1.99. The van der Waals surface area contributed by atoms with E-state index < -0.39 is 5.54 Å². The molecule has 0 fully saturated rings. The molecule has 44 heavy (non-hydrogen) atoms. The number of phenolic OH excluding ortho intramolecular Hbond substituents is 3. The zero-order valence-corrected chi connectivity index (χ0v) is 24.2. The number of azo groups is 1. The Hall–Kier alpha value is -5.89. The van der Waals surface area contributed by atoms with Crippen molar-refractivity contribution in [3.05, 3.63) is 119 Å². The Balaban J connectivity index is 1.34. The van der Waals surface area contributed by atoms with Gasteiger partial charge in [-0.3, -0.25) is 9.67 Å². The number of aliphatic imine (C=N–C) groups is 1. The van der Waals surface area contributed by atoms with Crippen molar-refractivity contribution in [3.63, 3.8) is 0 Å². The van der Waals surface area contributed by atoms with Crippen molar-refractivity contribution >= 4 is 57.6 Å². The van der Waals surface area contributed by atoms with Crippen LogP contribution in [0.5, 0.6) is 17.2 Å². The van der Waals surface area contributed by atoms with Crippen molar-refractivity contribution in [1.82, 2.24) is 4.68 Å². The van der Waals surface area contributed by atoms with Gasteiger partial charge in [-0.2, -0.15) is 0 Å². The normalized spacial score (nSPS) is 16.6. The Morgan fingerprint density at radius 1 is 0.750 bits per heavy atom. The van der Waals surface area contributed by atoms with Crippen molar-refractivity contribution in [2.75, 3.05) is 12.1 Å². The number of benzene rings is 5. The molecular formula is C36H29N5O3. The van der Waals surface area contributed by atoms with Crippen LogP contribution in [-0.4, -0.2) is 33.8 Å². The third-order valence-corrected chi connectivity index (χ3v) is 8.47. The molecule has 1 atom stereocenters. The first-order valence-electron chi connectivity index (χ1n) is 14.1. The summed E-state index contributed by atoms with van der Waals surface area (Å²) in [4.78, 5) is 3.88. The summed E-state index contributed by atoms with van der Waals surface area (Å²) < 4.78 is 2.10. The van der Waals surface area contributed by atoms with E-state index >= 15 is 0 Å². The van der Waals surface area contributed by atoms with Crippen LogP contribution in [0.3, 0.4) is 0 Å². The molecule has 1 unspecified atom stereocenters. The van der Waals surface area contributed by atoms with Crippen LogP contribution in [0.1, 0.15) is 18.1 Å². The van der Waals surface area contributed by atoms with Gasteiger partial charge in [0.25, 0.3) is 0 Å². The number of fused-ring (bicyclic) bond motifs is 4. The van der Waals surface area contributed by atoms with Gasteiger partial charge in [0, 0.05) is 23.0 Å². The molecule has 0 aliphatic carbocycles. The SMILES string of the molecule is C=Nc1ccc(C2(C)C=c3/c(=C\c4ccc(N=Nc5cccc6ccccc56)c(O)c4)c4cc(O)ccc4n3N2C)cc1O. The van der Waals surface area contributed by atoms with E-state index in [4.69, 9.17) is 0 Å². The first kappa shape index (κ1) is 27.0. The van der Waals surface area contributed by atoms with Crippen LogP contribution in [0.4, 0.5) is 17.1 Å². The molecule has 3 N–H and O–H groups in total. The third-order valence-electron chi connectivity index (χ3n) is 8.47. The van der Waals surface area contributed by atoms with E-state index in [2.05, 4.69) is 44.6 Å². The molecule has 0 bridgehead atoms. The van der Waals surface area contributed by atoms with Gasteiger partial charge in [-0.1, -0.05) is 48.5 Å². The first-order chi connectivity index (χ1) is 21.3. The Kier molecular flexibility index (Phi) is 6.21. The fraction of sp³-hybridized carbons (Fsp3) is 0.0833. The van der Waals surface area contributed by atoms with Crippen LogP contribution in [0.25, 0.3) is 33.8 Å². The molecule has 5 aromatic carbocycles. The van der Waals surface area contributed by atoms with Crippen LogP contribution in [-0.2, 0) is 5.54 Å². The average molecular weight is 580 g/mol. The minimum Gasteiger partial charge on any atom is -0.508 e. The Morgan fingerprint density at radius 2 is 1.50 bits per heavy atom. The smallest absolute Gasteiger partial charge is 0.143 e. The zero-order valence-electron chi connectivity index (χ0n) is 24.2. The van der Waals surface area contributed by atoms with Crippen LogP contribution in [0.15, 0.2) is 112 Å². The van der Waals surface area contributed by atoms with Crippen LogP contribution in [0.2, 0.25) is 0 Å². The van der Waals surface area contributed by atoms with Gasteiger partial charge in [0.1, 0.15) is 28.6 Å². The molecular weight excluding hydrogens is 550 g/mol. The summed E-state index contributed by atoms with van der Waals surface area (Å²) in [6.45, 7) is 5.61. The molecule has 1 aromatic heterocycles. The minimum atomic E-state index is -0.602. The van der Waals surface area contributed by atoms with Gasteiger partial charge in [-0.25, -0.2) is 0 Å². The van der Waals surface area contributed by atoms with E-state index in [1.54, 1.807) is 36.4 Å². The molecule has 0 saturated heterocycles. The molecule has 8 nitrogen and oxygen atoms in total. The maximum atomic E-state index is 10.9. The van der Waals surface area contributed by atoms with Crippen molar-refractivity contribution in [2.24, 2.45) is 15.2 Å². The number of phenols is 3. The van der Waals surface area contributed by atoms with Crippen molar-refractivity contribution in [3.8, 4) is 17.2 Å². The standard InChI is InChI=1S/C36H29N5O3/c1-36(24-12-15-30(37-2)35(44)19-24)21-33-27(28-20-25(42)13-16-32(28)41(33)40(36)3)17-22-11-14-31(34(43)18-22)39-38-29-10-6-8-23-7-4-5-9-26(23)29/h4-21,42-44H,2H2,1,3H3/b27-17-,39-38?. The maximum absolute atomic E-state index is 10.9. The molecule has 0 spiro atoms. The lowest BCUT2D eigenvalue weighted by Gasteiger charge is -2.35. The summed E-state index contributed by atoms with van der Waals surface area (Å²) in [6, 6.07) is 29.8. The number of aromatic hydroxyl groups is 3. The molecule has 0 radical (unpaired) electrons. The maximum Gasteiger partial charge on any atom is 0.143 e. The van der Waals surface area contributed by atoms with Gasteiger partial charge in [0.15, 0.2) is 0 Å². The molecule has 0 amide bonds. The molecule has 7 rings (SSSR count). The fourth-order valence-corrected chi connectivity index (χ4v) is 6.01. The van der Waals surface area contributed by atoms with Crippen molar-refractivity contribution in [1.29, 1.82) is 0 Å². The van der Waals surface area contributed by atoms with Gasteiger partial charge < -0.3 is 20.3 Å². The second kappa shape index (κ2) is 10.1. The van der Waals surface area contributed by atoms with Crippen LogP contribution >= 0.6 is 0 Å². The van der Waals surface area contributed by atoms with Gasteiger partial charge in [0.2, 0.25) is 0 Å². The molecule has 0 saturated carbocycles. The predicted molar refractivity (Wildman–Crippen MR) is 176 cm³/mol. The Labute approximate surface area is 253 Å². The lowest BCUT2D eigenvalue weighted by atomic mass is 9.91. The van der Waals surface area contributed by atoms with Crippen molar-refractivity contribution in [2.45, 2.75) is 12.5 Å². The van der Waals surface area contributed by atoms with E-state index in [1.165, 1.54) is 0 Å². The third kappa shape index (κ3) is 4.27. The van der Waals surface area contributed by atoms with E-state index in [0.717, 1.165) is 49.1 Å². The molecule has 1 aliphatic heterocycles. The summed E-state index contributed by atoms with van der Waals surface area (Å²) in [5.74, 6) is 0.223. The summed E-state index contributed by atoms with van der Waals surface area (Å²) in [5.41, 5.74) is 3.45. The number of hydrogen-bond acceptors (Lipinski definition) is 7. The number of hydrogen-bond donors (Lipinski definition) is 3. The highest BCUT2D eigenvalue weighted by Crippen LogP contribution is 2.37. The lowest BCUT2D eigenvalue weighted by Crippen LogP contribution is -2.44. The second-order valence-electron chi connectivity index (χ2n) is 11.1. The molecule has 1 aliphatic rings. The Morgan fingerprint density at radius 3 is 2.30 bits per heavy atom. The fourth-order valence-electron chi connectivity index (χ4n) is 6.01. The molecule has 216 valence electrons. The predicted octanol–water partition coefficient (Wildman–Crippen LogP) is 6.76. The number of rotatable bonds is 5. The average Bonchev–Trinajstić information content (AvgIpc) is 3.46. The van der Waals surface area contributed by atoms with Crippen LogP contribution in [0, 0.1) is 0 Å². The van der Waals surface area contributed by atoms with E-state index in [0.29, 0.717) is 11.4 Å². The Bertz CT molecular complexity index is 2280. The largest absolute Gasteiger partial charge is 0.508 e. The molecule has 2 heterocycles. The highest BCUT2D eigenvalue weighted by molar-refractivity contribution is 5.92. The lowest BCUT2D eigenvalue weighted by molar-refractivity contribution is 0.469. The summed E-state index contributed by atoms with van der Waals surface area (Å²) in [5, 5.41) is 47.4. The minimum absolute atomic E-state index is 0.00285. The number of aromatic nitrogens is 1. The van der Waals surface area contributed by atoms with Crippen molar-refractivity contribution < 1.29 is 15.3 Å². The van der Waals surface area contributed by atoms with Gasteiger partial charge in [-0.05, 0) is 90.8 Å². The van der Waals surface area contributed by atoms with Gasteiger partial charge in [-0.15, -0.1) is 10.2 Å². The highest BCUT2D eigenvalue weighted by atomic mass is 16.3. The van der Waals surface area contributed by atoms with Crippen LogP contribution < -0.4 is 15.6 Å². The first-order valence-corrected chi connectivity index (χ1v) is 14.1. The van der Waals surface area contributed by atoms with Gasteiger partial charge in [0.05, 0.1) is 22.1 Å². The monoisotopic (exact) mass is 579 g/mol. The van der Waals surface area contributed by atoms with E-state index in [-0.39, 0.29) is 17.2 Å². The van der Waals surface area contributed by atoms with E-state index in [1.807, 2.05) is 73.8 Å². The van der Waals surface area contributed by atoms with E-state index in [9.17, 15) is 15.3 Å². The summed E-state index contributed by atoms with van der Waals surface area (Å²) in [6.07, 6.45) is 4.12. The van der Waals surface area contributed by atoms with Gasteiger partial charge >= 0.3 is 0 Å². The molecule has 8 heteroatoms. The highest BCUT2D eigenvalue weighted by Gasteiger charge is 2.36. The summed E-state index contributed by atoms with van der Waals surface area (Å²) >= 11 is 0. The zero-order chi connectivity index (χ0) is 30.6. The topological polar surface area (TPSA) is 106 Å².